The Bertz CT molecular complexity index is 932. The summed E-state index contributed by atoms with van der Waals surface area (Å²) < 4.78 is 5.76. The van der Waals surface area contributed by atoms with Crippen LogP contribution in [0.5, 0.6) is 5.75 Å². The van der Waals surface area contributed by atoms with Crippen molar-refractivity contribution in [1.29, 1.82) is 0 Å². The van der Waals surface area contributed by atoms with Crippen LogP contribution in [0, 0.1) is 0 Å². The second-order valence-electron chi connectivity index (χ2n) is 5.38. The number of carbonyl (C=O) groups is 2. The topological polar surface area (TPSA) is 105 Å². The molecule has 1 heterocycles. The lowest BCUT2D eigenvalue weighted by Gasteiger charge is -2.06. The maximum absolute atomic E-state index is 11.9. The van der Waals surface area contributed by atoms with E-state index < -0.39 is 0 Å². The SMILES string of the molecule is COc1ccc(Nc2nnc(SCC(=O)NNC(=O)c3ccccc3)s2)cc1. The van der Waals surface area contributed by atoms with Crippen LogP contribution in [0.15, 0.2) is 58.9 Å². The van der Waals surface area contributed by atoms with Gasteiger partial charge in [-0.2, -0.15) is 0 Å². The summed E-state index contributed by atoms with van der Waals surface area (Å²) in [6.45, 7) is 0. The van der Waals surface area contributed by atoms with Crippen LogP contribution in [0.4, 0.5) is 10.8 Å². The summed E-state index contributed by atoms with van der Waals surface area (Å²) in [5, 5.41) is 11.8. The highest BCUT2D eigenvalue weighted by Crippen LogP contribution is 2.28. The third-order valence-electron chi connectivity index (χ3n) is 3.43. The number of benzene rings is 2. The summed E-state index contributed by atoms with van der Waals surface area (Å²) >= 11 is 2.57. The predicted molar refractivity (Wildman–Crippen MR) is 109 cm³/mol. The summed E-state index contributed by atoms with van der Waals surface area (Å²) in [6.07, 6.45) is 0. The molecule has 3 rings (SSSR count). The van der Waals surface area contributed by atoms with Crippen molar-refractivity contribution >= 4 is 45.7 Å². The van der Waals surface area contributed by atoms with Gasteiger partial charge in [0.15, 0.2) is 4.34 Å². The number of nitrogens with one attached hydrogen (secondary N) is 3. The van der Waals surface area contributed by atoms with Crippen LogP contribution in [0.1, 0.15) is 10.4 Å². The number of aromatic nitrogens is 2. The number of hydrazine groups is 1. The van der Waals surface area contributed by atoms with Gasteiger partial charge in [-0.05, 0) is 36.4 Å². The number of amides is 2. The van der Waals surface area contributed by atoms with E-state index in [0.717, 1.165) is 11.4 Å². The van der Waals surface area contributed by atoms with Crippen LogP contribution in [0.2, 0.25) is 0 Å². The van der Waals surface area contributed by atoms with Gasteiger partial charge in [-0.3, -0.25) is 20.4 Å². The lowest BCUT2D eigenvalue weighted by Crippen LogP contribution is -2.42. The summed E-state index contributed by atoms with van der Waals surface area (Å²) in [5.41, 5.74) is 6.08. The number of carbonyl (C=O) groups excluding carboxylic acids is 2. The van der Waals surface area contributed by atoms with Crippen molar-refractivity contribution in [2.75, 3.05) is 18.2 Å². The van der Waals surface area contributed by atoms with Gasteiger partial charge >= 0.3 is 0 Å². The minimum Gasteiger partial charge on any atom is -0.497 e. The van der Waals surface area contributed by atoms with E-state index in [2.05, 4.69) is 26.4 Å². The number of thioether (sulfide) groups is 1. The van der Waals surface area contributed by atoms with Gasteiger partial charge in [0.25, 0.3) is 5.91 Å². The normalized spacial score (nSPS) is 10.2. The van der Waals surface area contributed by atoms with Crippen molar-refractivity contribution in [2.24, 2.45) is 0 Å². The van der Waals surface area contributed by atoms with Crippen molar-refractivity contribution in [1.82, 2.24) is 21.0 Å². The molecular weight excluding hydrogens is 398 g/mol. The fraction of sp³-hybridized carbons (Fsp3) is 0.111. The van der Waals surface area contributed by atoms with Gasteiger partial charge < -0.3 is 10.1 Å². The van der Waals surface area contributed by atoms with Crippen molar-refractivity contribution in [3.05, 3.63) is 60.2 Å². The van der Waals surface area contributed by atoms with Crippen LogP contribution in [0.3, 0.4) is 0 Å². The van der Waals surface area contributed by atoms with Gasteiger partial charge in [-0.1, -0.05) is 41.3 Å². The van der Waals surface area contributed by atoms with Gasteiger partial charge in [0.2, 0.25) is 11.0 Å². The lowest BCUT2D eigenvalue weighted by molar-refractivity contribution is -0.119. The van der Waals surface area contributed by atoms with Crippen LogP contribution in [-0.4, -0.2) is 34.9 Å². The van der Waals surface area contributed by atoms with E-state index in [1.54, 1.807) is 31.4 Å². The minimum atomic E-state index is -0.374. The van der Waals surface area contributed by atoms with Crippen LogP contribution in [-0.2, 0) is 4.79 Å². The van der Waals surface area contributed by atoms with E-state index in [0.29, 0.717) is 15.0 Å². The highest BCUT2D eigenvalue weighted by Gasteiger charge is 2.10. The van der Waals surface area contributed by atoms with Crippen LogP contribution >= 0.6 is 23.1 Å². The third-order valence-corrected chi connectivity index (χ3v) is 5.40. The van der Waals surface area contributed by atoms with Gasteiger partial charge in [0.1, 0.15) is 5.75 Å². The second-order valence-corrected chi connectivity index (χ2v) is 7.58. The molecule has 0 spiro atoms. The Morgan fingerprint density at radius 2 is 1.79 bits per heavy atom. The lowest BCUT2D eigenvalue weighted by atomic mass is 10.2. The molecule has 3 N–H and O–H groups in total. The van der Waals surface area contributed by atoms with E-state index in [1.165, 1.54) is 23.1 Å². The second kappa shape index (κ2) is 9.72. The molecule has 2 aromatic carbocycles. The molecule has 0 fully saturated rings. The predicted octanol–water partition coefficient (Wildman–Crippen LogP) is 2.84. The zero-order valence-corrected chi connectivity index (χ0v) is 16.5. The number of hydrogen-bond donors (Lipinski definition) is 3. The zero-order chi connectivity index (χ0) is 19.8. The van der Waals surface area contributed by atoms with E-state index >= 15 is 0 Å². The largest absolute Gasteiger partial charge is 0.497 e. The molecule has 0 radical (unpaired) electrons. The number of ether oxygens (including phenoxy) is 1. The number of nitrogens with zero attached hydrogens (tertiary/aromatic N) is 2. The van der Waals surface area contributed by atoms with Crippen molar-refractivity contribution in [3.63, 3.8) is 0 Å². The zero-order valence-electron chi connectivity index (χ0n) is 14.8. The van der Waals surface area contributed by atoms with E-state index in [-0.39, 0.29) is 17.6 Å². The molecule has 0 aliphatic heterocycles. The molecule has 10 heteroatoms. The highest BCUT2D eigenvalue weighted by molar-refractivity contribution is 8.01. The number of anilines is 2. The first-order chi connectivity index (χ1) is 13.6. The number of methoxy groups -OCH3 is 1. The monoisotopic (exact) mass is 415 g/mol. The maximum atomic E-state index is 11.9. The molecule has 8 nitrogen and oxygen atoms in total. The Morgan fingerprint density at radius 3 is 2.50 bits per heavy atom. The Labute approximate surface area is 169 Å². The molecule has 0 saturated carbocycles. The Morgan fingerprint density at radius 1 is 1.04 bits per heavy atom. The molecule has 0 saturated heterocycles. The Kier molecular flexibility index (Phi) is 6.82. The van der Waals surface area contributed by atoms with E-state index in [4.69, 9.17) is 4.74 Å². The van der Waals surface area contributed by atoms with Crippen molar-refractivity contribution in [2.45, 2.75) is 4.34 Å². The van der Waals surface area contributed by atoms with E-state index in [1.807, 2.05) is 30.3 Å². The minimum absolute atomic E-state index is 0.103. The van der Waals surface area contributed by atoms with E-state index in [9.17, 15) is 9.59 Å². The van der Waals surface area contributed by atoms with Gasteiger partial charge in [0, 0.05) is 11.3 Å². The molecule has 0 atom stereocenters. The standard InChI is InChI=1S/C18H17N5O3S2/c1-26-14-9-7-13(8-10-14)19-17-22-23-18(28-17)27-11-15(24)20-21-16(25)12-5-3-2-4-6-12/h2-10H,11H2,1H3,(H,19,22)(H,20,24)(H,21,25). The molecule has 3 aromatic rings. The number of rotatable bonds is 7. The fourth-order valence-electron chi connectivity index (χ4n) is 2.07. The number of hydrogen-bond acceptors (Lipinski definition) is 8. The van der Waals surface area contributed by atoms with Crippen LogP contribution in [0.25, 0.3) is 0 Å². The molecule has 2 amide bonds. The molecule has 0 aliphatic rings. The van der Waals surface area contributed by atoms with Gasteiger partial charge in [-0.25, -0.2) is 0 Å². The maximum Gasteiger partial charge on any atom is 0.269 e. The summed E-state index contributed by atoms with van der Waals surface area (Å²) in [7, 11) is 1.61. The Balaban J connectivity index is 1.43. The van der Waals surface area contributed by atoms with Crippen molar-refractivity contribution in [3.8, 4) is 5.75 Å². The average molecular weight is 416 g/mol. The van der Waals surface area contributed by atoms with Gasteiger partial charge in [0.05, 0.1) is 12.9 Å². The summed E-state index contributed by atoms with van der Waals surface area (Å²) in [5.74, 6) is 0.158. The molecule has 1 aromatic heterocycles. The third kappa shape index (κ3) is 5.69. The smallest absolute Gasteiger partial charge is 0.269 e. The first-order valence-electron chi connectivity index (χ1n) is 8.15. The summed E-state index contributed by atoms with van der Waals surface area (Å²) in [4.78, 5) is 23.8. The molecule has 144 valence electrons. The molecule has 28 heavy (non-hydrogen) atoms. The average Bonchev–Trinajstić information content (AvgIpc) is 3.19. The highest BCUT2D eigenvalue weighted by atomic mass is 32.2. The Hall–Kier alpha value is -3.11. The summed E-state index contributed by atoms with van der Waals surface area (Å²) in [6, 6.07) is 16.1. The molecule has 0 aliphatic carbocycles. The first kappa shape index (κ1) is 19.6. The van der Waals surface area contributed by atoms with Crippen molar-refractivity contribution < 1.29 is 14.3 Å². The molecular formula is C18H17N5O3S2. The van der Waals surface area contributed by atoms with Gasteiger partial charge in [-0.15, -0.1) is 10.2 Å². The van der Waals surface area contributed by atoms with Crippen LogP contribution < -0.4 is 20.9 Å². The molecule has 0 unspecified atom stereocenters. The first-order valence-corrected chi connectivity index (χ1v) is 9.96. The quantitative estimate of drug-likeness (QED) is 0.402. The fourth-order valence-corrected chi connectivity index (χ4v) is 3.64. The molecule has 0 bridgehead atoms.